The van der Waals surface area contributed by atoms with Gasteiger partial charge in [-0.25, -0.2) is 4.68 Å². The minimum absolute atomic E-state index is 0.00561. The fourth-order valence-corrected chi connectivity index (χ4v) is 3.80. The van der Waals surface area contributed by atoms with Gasteiger partial charge in [0.1, 0.15) is 0 Å². The van der Waals surface area contributed by atoms with E-state index in [2.05, 4.69) is 15.3 Å². The zero-order chi connectivity index (χ0) is 16.9. The molecule has 3 rings (SSSR count). The van der Waals surface area contributed by atoms with E-state index in [-0.39, 0.29) is 17.4 Å². The number of nitrogens with zero attached hydrogens (tertiary/aromatic N) is 3. The van der Waals surface area contributed by atoms with E-state index < -0.39 is 0 Å². The summed E-state index contributed by atoms with van der Waals surface area (Å²) in [5.41, 5.74) is 0.711. The monoisotopic (exact) mass is 332 g/mol. The average molecular weight is 332 g/mol. The number of rotatable bonds is 3. The normalized spacial score (nSPS) is 22.9. The number of anilines is 1. The van der Waals surface area contributed by atoms with E-state index in [1.165, 1.54) is 30.4 Å². The SMILES string of the molecule is Cn1ncc(N2CCCC(C(=O)NC3CCCCCC3)C2)cc1=O. The van der Waals surface area contributed by atoms with Crippen molar-refractivity contribution in [2.45, 2.75) is 57.4 Å². The molecular weight excluding hydrogens is 304 g/mol. The molecule has 1 aliphatic heterocycles. The standard InChI is InChI=1S/C18H28N4O2/c1-21-17(23)11-16(12-19-21)22-10-6-7-14(13-22)18(24)20-15-8-4-2-3-5-9-15/h11-12,14-15H,2-10,13H2,1H3,(H,20,24). The molecule has 1 amide bonds. The molecular formula is C18H28N4O2. The van der Waals surface area contributed by atoms with Crippen LogP contribution in [0, 0.1) is 5.92 Å². The predicted octanol–water partition coefficient (Wildman–Crippen LogP) is 1.84. The van der Waals surface area contributed by atoms with E-state index in [0.29, 0.717) is 12.6 Å². The van der Waals surface area contributed by atoms with E-state index in [1.807, 2.05) is 0 Å². The third kappa shape index (κ3) is 4.16. The molecule has 1 saturated heterocycles. The Morgan fingerprint density at radius 2 is 1.92 bits per heavy atom. The number of amides is 1. The van der Waals surface area contributed by atoms with Gasteiger partial charge in [-0.05, 0) is 25.7 Å². The van der Waals surface area contributed by atoms with Crippen LogP contribution < -0.4 is 15.8 Å². The summed E-state index contributed by atoms with van der Waals surface area (Å²) in [5.74, 6) is 0.189. The first-order chi connectivity index (χ1) is 11.6. The molecule has 6 heteroatoms. The number of piperidine rings is 1. The summed E-state index contributed by atoms with van der Waals surface area (Å²) in [6.45, 7) is 1.55. The summed E-state index contributed by atoms with van der Waals surface area (Å²) in [5, 5.41) is 7.36. The Labute approximate surface area is 143 Å². The minimum atomic E-state index is -0.113. The van der Waals surface area contributed by atoms with Gasteiger partial charge in [-0.15, -0.1) is 0 Å². The van der Waals surface area contributed by atoms with Gasteiger partial charge in [0.15, 0.2) is 0 Å². The predicted molar refractivity (Wildman–Crippen MR) is 94.0 cm³/mol. The fourth-order valence-electron chi connectivity index (χ4n) is 3.80. The highest BCUT2D eigenvalue weighted by Crippen LogP contribution is 2.23. The molecule has 24 heavy (non-hydrogen) atoms. The Hall–Kier alpha value is -1.85. The van der Waals surface area contributed by atoms with Crippen molar-refractivity contribution in [1.82, 2.24) is 15.1 Å². The van der Waals surface area contributed by atoms with Crippen molar-refractivity contribution in [1.29, 1.82) is 0 Å². The van der Waals surface area contributed by atoms with Crippen LogP contribution in [0.2, 0.25) is 0 Å². The highest BCUT2D eigenvalue weighted by atomic mass is 16.2. The molecule has 2 fully saturated rings. The molecule has 0 spiro atoms. The number of carbonyl (C=O) groups is 1. The van der Waals surface area contributed by atoms with Gasteiger partial charge in [-0.3, -0.25) is 9.59 Å². The molecule has 6 nitrogen and oxygen atoms in total. The smallest absolute Gasteiger partial charge is 0.268 e. The van der Waals surface area contributed by atoms with E-state index in [9.17, 15) is 9.59 Å². The first kappa shape index (κ1) is 17.0. The van der Waals surface area contributed by atoms with Gasteiger partial charge in [0.25, 0.3) is 5.56 Å². The van der Waals surface area contributed by atoms with Crippen LogP contribution in [-0.4, -0.2) is 34.8 Å². The van der Waals surface area contributed by atoms with E-state index >= 15 is 0 Å². The largest absolute Gasteiger partial charge is 0.369 e. The number of carbonyl (C=O) groups excluding carboxylic acids is 1. The first-order valence-corrected chi connectivity index (χ1v) is 9.22. The number of hydrogen-bond donors (Lipinski definition) is 1. The zero-order valence-corrected chi connectivity index (χ0v) is 14.5. The minimum Gasteiger partial charge on any atom is -0.369 e. The topological polar surface area (TPSA) is 67.2 Å². The van der Waals surface area contributed by atoms with Crippen molar-refractivity contribution in [3.05, 3.63) is 22.6 Å². The molecule has 2 heterocycles. The molecule has 1 aromatic heterocycles. The molecule has 1 aromatic rings. The van der Waals surface area contributed by atoms with Crippen LogP contribution >= 0.6 is 0 Å². The maximum absolute atomic E-state index is 12.7. The highest BCUT2D eigenvalue weighted by Gasteiger charge is 2.28. The molecule has 132 valence electrons. The molecule has 0 aromatic carbocycles. The van der Waals surface area contributed by atoms with E-state index in [4.69, 9.17) is 0 Å². The Morgan fingerprint density at radius 3 is 2.62 bits per heavy atom. The van der Waals surface area contributed by atoms with Crippen LogP contribution in [0.1, 0.15) is 51.4 Å². The van der Waals surface area contributed by atoms with Gasteiger partial charge >= 0.3 is 0 Å². The first-order valence-electron chi connectivity index (χ1n) is 9.22. The third-order valence-electron chi connectivity index (χ3n) is 5.31. The van der Waals surface area contributed by atoms with Gasteiger partial charge in [-0.2, -0.15) is 5.10 Å². The highest BCUT2D eigenvalue weighted by molar-refractivity contribution is 5.79. The van der Waals surface area contributed by atoms with Gasteiger partial charge in [0, 0.05) is 32.2 Å². The van der Waals surface area contributed by atoms with E-state index in [0.717, 1.165) is 37.9 Å². The summed E-state index contributed by atoms with van der Waals surface area (Å²) in [6, 6.07) is 1.96. The van der Waals surface area contributed by atoms with Crippen LogP contribution in [0.5, 0.6) is 0 Å². The number of aromatic nitrogens is 2. The average Bonchev–Trinajstić information content (AvgIpc) is 2.86. The molecule has 1 aliphatic carbocycles. The Kier molecular flexibility index (Phi) is 5.53. The summed E-state index contributed by atoms with van der Waals surface area (Å²) in [4.78, 5) is 26.6. The lowest BCUT2D eigenvalue weighted by Crippen LogP contribution is -2.46. The lowest BCUT2D eigenvalue weighted by atomic mass is 9.96. The van der Waals surface area contributed by atoms with Crippen LogP contribution in [-0.2, 0) is 11.8 Å². The van der Waals surface area contributed by atoms with Crippen molar-refractivity contribution in [3.63, 3.8) is 0 Å². The maximum Gasteiger partial charge on any atom is 0.268 e. The van der Waals surface area contributed by atoms with Crippen molar-refractivity contribution >= 4 is 11.6 Å². The summed E-state index contributed by atoms with van der Waals surface area (Å²) in [7, 11) is 1.64. The van der Waals surface area contributed by atoms with Gasteiger partial charge in [0.05, 0.1) is 17.8 Å². The molecule has 0 bridgehead atoms. The van der Waals surface area contributed by atoms with Gasteiger partial charge in [-0.1, -0.05) is 25.7 Å². The van der Waals surface area contributed by atoms with Crippen LogP contribution in [0.4, 0.5) is 5.69 Å². The van der Waals surface area contributed by atoms with Crippen LogP contribution in [0.15, 0.2) is 17.1 Å². The van der Waals surface area contributed by atoms with E-state index in [1.54, 1.807) is 19.3 Å². The summed E-state index contributed by atoms with van der Waals surface area (Å²) < 4.78 is 1.32. The van der Waals surface area contributed by atoms with Crippen LogP contribution in [0.25, 0.3) is 0 Å². The number of aryl methyl sites for hydroxylation is 1. The van der Waals surface area contributed by atoms with Crippen molar-refractivity contribution < 1.29 is 4.79 Å². The number of hydrogen-bond acceptors (Lipinski definition) is 4. The number of nitrogens with one attached hydrogen (secondary N) is 1. The third-order valence-corrected chi connectivity index (χ3v) is 5.31. The van der Waals surface area contributed by atoms with Crippen molar-refractivity contribution in [3.8, 4) is 0 Å². The lowest BCUT2D eigenvalue weighted by Gasteiger charge is -2.34. The molecule has 1 atom stereocenters. The lowest BCUT2D eigenvalue weighted by molar-refractivity contribution is -0.126. The maximum atomic E-state index is 12.7. The van der Waals surface area contributed by atoms with Gasteiger partial charge in [0.2, 0.25) is 5.91 Å². The second-order valence-electron chi connectivity index (χ2n) is 7.16. The molecule has 1 saturated carbocycles. The second-order valence-corrected chi connectivity index (χ2v) is 7.16. The molecule has 1 N–H and O–H groups in total. The Bertz CT molecular complexity index is 620. The Morgan fingerprint density at radius 1 is 1.17 bits per heavy atom. The van der Waals surface area contributed by atoms with Crippen LogP contribution in [0.3, 0.4) is 0 Å². The fraction of sp³-hybridized carbons (Fsp3) is 0.722. The zero-order valence-electron chi connectivity index (χ0n) is 14.5. The van der Waals surface area contributed by atoms with Gasteiger partial charge < -0.3 is 10.2 Å². The van der Waals surface area contributed by atoms with Crippen molar-refractivity contribution in [2.75, 3.05) is 18.0 Å². The Balaban J connectivity index is 1.60. The molecule has 2 aliphatic rings. The molecule has 1 unspecified atom stereocenters. The van der Waals surface area contributed by atoms with Crippen molar-refractivity contribution in [2.24, 2.45) is 13.0 Å². The quantitative estimate of drug-likeness (QED) is 0.858. The second kappa shape index (κ2) is 7.81. The summed E-state index contributed by atoms with van der Waals surface area (Å²) >= 11 is 0. The summed E-state index contributed by atoms with van der Waals surface area (Å²) in [6.07, 6.45) is 10.9. The molecule has 0 radical (unpaired) electrons.